The minimum Gasteiger partial charge on any atom is -0.301 e. The number of aromatic nitrogens is 4. The van der Waals surface area contributed by atoms with Gasteiger partial charge in [-0.15, -0.1) is 32.9 Å². The Bertz CT molecular complexity index is 1110. The van der Waals surface area contributed by atoms with E-state index in [1.807, 2.05) is 16.7 Å². The Morgan fingerprint density at radius 1 is 1.43 bits per heavy atom. The Hall–Kier alpha value is -1.99. The van der Waals surface area contributed by atoms with Gasteiger partial charge >= 0.3 is 0 Å². The molecule has 0 spiro atoms. The number of carbonyl (C=O) groups is 1. The summed E-state index contributed by atoms with van der Waals surface area (Å²) in [7, 11) is 0. The minimum absolute atomic E-state index is 0.0798. The molecule has 1 saturated heterocycles. The summed E-state index contributed by atoms with van der Waals surface area (Å²) in [5, 5.41) is 21.7. The SMILES string of the molecule is C[C@H]1CCc2c(sc3c2C2NCNN2c2nnc(SCC(=O)Nc4nccs4)n2-3)C1. The van der Waals surface area contributed by atoms with Gasteiger partial charge in [-0.2, -0.15) is 0 Å². The quantitative estimate of drug-likeness (QED) is 0.511. The number of hydrazine groups is 1. The summed E-state index contributed by atoms with van der Waals surface area (Å²) < 4.78 is 2.11. The molecule has 0 bridgehead atoms. The average Bonchev–Trinajstić information content (AvgIpc) is 3.49. The van der Waals surface area contributed by atoms with E-state index in [0.29, 0.717) is 17.7 Å². The molecule has 0 radical (unpaired) electrons. The van der Waals surface area contributed by atoms with E-state index in [-0.39, 0.29) is 17.8 Å². The predicted octanol–water partition coefficient (Wildman–Crippen LogP) is 2.52. The number of hydrogen-bond donors (Lipinski definition) is 3. The van der Waals surface area contributed by atoms with E-state index in [1.165, 1.54) is 50.5 Å². The highest BCUT2D eigenvalue weighted by molar-refractivity contribution is 7.99. The smallest absolute Gasteiger partial charge is 0.249 e. The molecule has 1 unspecified atom stereocenters. The highest BCUT2D eigenvalue weighted by atomic mass is 32.2. The number of hydrogen-bond acceptors (Lipinski definition) is 10. The first kappa shape index (κ1) is 18.8. The number of fused-ring (bicyclic) bond motifs is 8. The monoisotopic (exact) mass is 460 g/mol. The Kier molecular flexibility index (Phi) is 4.57. The van der Waals surface area contributed by atoms with Gasteiger partial charge in [-0.3, -0.25) is 15.1 Å². The fraction of sp³-hybridized carbons (Fsp3) is 0.444. The van der Waals surface area contributed by atoms with Crippen LogP contribution < -0.4 is 21.1 Å². The number of anilines is 2. The lowest BCUT2D eigenvalue weighted by Gasteiger charge is -2.31. The number of nitrogens with zero attached hydrogens (tertiary/aromatic N) is 5. The van der Waals surface area contributed by atoms with Gasteiger partial charge in [-0.25, -0.2) is 15.0 Å². The highest BCUT2D eigenvalue weighted by Gasteiger charge is 2.42. The number of carbonyl (C=O) groups excluding carboxylic acids is 1. The summed E-state index contributed by atoms with van der Waals surface area (Å²) in [6.45, 7) is 3.02. The Balaban J connectivity index is 1.34. The maximum Gasteiger partial charge on any atom is 0.249 e. The van der Waals surface area contributed by atoms with Crippen molar-refractivity contribution >= 4 is 51.4 Å². The average molecular weight is 461 g/mol. The van der Waals surface area contributed by atoms with Crippen LogP contribution in [0.1, 0.15) is 35.5 Å². The number of nitrogens with one attached hydrogen (secondary N) is 3. The van der Waals surface area contributed by atoms with Crippen molar-refractivity contribution in [2.75, 3.05) is 22.7 Å². The molecule has 1 aliphatic carbocycles. The van der Waals surface area contributed by atoms with Crippen molar-refractivity contribution < 1.29 is 4.79 Å². The molecule has 2 atom stereocenters. The molecule has 0 aromatic carbocycles. The van der Waals surface area contributed by atoms with E-state index in [2.05, 4.69) is 47.7 Å². The standard InChI is InChI=1S/C18H20N8OS3/c1-9-2-3-10-11(6-9)30-15-13(10)14-20-8-21-26(14)17-23-24-18(25(15)17)29-7-12(27)22-16-19-4-5-28-16/h4-5,9,14,20-21H,2-3,6-8H2,1H3,(H,19,22,27)/t9-,14?/m0/s1. The van der Waals surface area contributed by atoms with Crippen LogP contribution in [-0.4, -0.2) is 38.1 Å². The number of thiazole rings is 1. The van der Waals surface area contributed by atoms with Gasteiger partial charge in [0.05, 0.1) is 12.4 Å². The number of thioether (sulfide) groups is 1. The van der Waals surface area contributed by atoms with Crippen LogP contribution in [0.3, 0.4) is 0 Å². The highest BCUT2D eigenvalue weighted by Crippen LogP contribution is 2.48. The zero-order chi connectivity index (χ0) is 20.2. The Morgan fingerprint density at radius 2 is 2.37 bits per heavy atom. The lowest BCUT2D eigenvalue weighted by molar-refractivity contribution is -0.113. The summed E-state index contributed by atoms with van der Waals surface area (Å²) in [5.41, 5.74) is 6.20. The molecule has 12 heteroatoms. The van der Waals surface area contributed by atoms with Crippen molar-refractivity contribution in [1.29, 1.82) is 0 Å². The number of thiophene rings is 1. The summed E-state index contributed by atoms with van der Waals surface area (Å²) in [6, 6.07) is 0. The van der Waals surface area contributed by atoms with Crippen LogP contribution in [0.2, 0.25) is 0 Å². The fourth-order valence-corrected chi connectivity index (χ4v) is 7.17. The van der Waals surface area contributed by atoms with E-state index >= 15 is 0 Å². The third-order valence-corrected chi connectivity index (χ3v) is 8.53. The van der Waals surface area contributed by atoms with Crippen molar-refractivity contribution in [2.45, 2.75) is 37.5 Å². The first-order valence-corrected chi connectivity index (χ1v) is 12.6. The molecule has 156 valence electrons. The fourth-order valence-electron chi connectivity index (χ4n) is 4.30. The van der Waals surface area contributed by atoms with E-state index < -0.39 is 0 Å². The first-order chi connectivity index (χ1) is 14.7. The van der Waals surface area contributed by atoms with Crippen molar-refractivity contribution in [2.24, 2.45) is 5.92 Å². The van der Waals surface area contributed by atoms with Gasteiger partial charge in [-0.05, 0) is 30.7 Å². The molecule has 1 fully saturated rings. The molecule has 1 amide bonds. The minimum atomic E-state index is -0.0959. The maximum atomic E-state index is 12.3. The van der Waals surface area contributed by atoms with Crippen LogP contribution in [0.15, 0.2) is 16.7 Å². The van der Waals surface area contributed by atoms with Gasteiger partial charge in [0, 0.05) is 22.0 Å². The maximum absolute atomic E-state index is 12.3. The number of amides is 1. The Morgan fingerprint density at radius 3 is 3.23 bits per heavy atom. The lowest BCUT2D eigenvalue weighted by atomic mass is 9.87. The van der Waals surface area contributed by atoms with Crippen molar-refractivity contribution in [1.82, 2.24) is 30.5 Å². The second-order valence-electron chi connectivity index (χ2n) is 7.67. The van der Waals surface area contributed by atoms with E-state index in [9.17, 15) is 4.79 Å². The zero-order valence-electron chi connectivity index (χ0n) is 16.2. The summed E-state index contributed by atoms with van der Waals surface area (Å²) in [6.07, 6.45) is 5.23. The van der Waals surface area contributed by atoms with Crippen LogP contribution in [0.5, 0.6) is 0 Å². The van der Waals surface area contributed by atoms with Crippen LogP contribution in [0, 0.1) is 5.92 Å². The summed E-state index contributed by atoms with van der Waals surface area (Å²) in [5.74, 6) is 1.64. The van der Waals surface area contributed by atoms with Crippen molar-refractivity contribution in [3.8, 4) is 5.00 Å². The third kappa shape index (κ3) is 2.97. The molecule has 3 aromatic rings. The van der Waals surface area contributed by atoms with Crippen LogP contribution in [0.4, 0.5) is 11.1 Å². The number of rotatable bonds is 4. The predicted molar refractivity (Wildman–Crippen MR) is 118 cm³/mol. The van der Waals surface area contributed by atoms with Gasteiger partial charge in [0.15, 0.2) is 10.3 Å². The molecule has 6 rings (SSSR count). The van der Waals surface area contributed by atoms with E-state index in [1.54, 1.807) is 6.20 Å². The van der Waals surface area contributed by atoms with Gasteiger partial charge in [0.1, 0.15) is 11.2 Å². The molecule has 30 heavy (non-hydrogen) atoms. The molecule has 0 saturated carbocycles. The van der Waals surface area contributed by atoms with Gasteiger partial charge < -0.3 is 5.32 Å². The zero-order valence-corrected chi connectivity index (χ0v) is 18.7. The van der Waals surface area contributed by atoms with Gasteiger partial charge in [0.2, 0.25) is 11.9 Å². The Labute approximate surface area is 185 Å². The van der Waals surface area contributed by atoms with E-state index in [4.69, 9.17) is 0 Å². The normalized spacial score (nSPS) is 21.7. The second-order valence-corrected chi connectivity index (χ2v) is 10.6. The van der Waals surface area contributed by atoms with Gasteiger partial charge in [0.25, 0.3) is 0 Å². The molecule has 5 heterocycles. The molecular weight excluding hydrogens is 440 g/mol. The summed E-state index contributed by atoms with van der Waals surface area (Å²) >= 11 is 4.67. The first-order valence-electron chi connectivity index (χ1n) is 9.87. The van der Waals surface area contributed by atoms with Crippen molar-refractivity contribution in [3.05, 3.63) is 27.6 Å². The molecule has 9 nitrogen and oxygen atoms in total. The third-order valence-electron chi connectivity index (χ3n) is 5.66. The van der Waals surface area contributed by atoms with Crippen LogP contribution >= 0.6 is 34.4 Å². The largest absolute Gasteiger partial charge is 0.301 e. The molecular formula is C18H20N8OS3. The second kappa shape index (κ2) is 7.31. The molecule has 3 aliphatic rings. The molecule has 3 aromatic heterocycles. The molecule has 3 N–H and O–H groups in total. The molecule has 2 aliphatic heterocycles. The van der Waals surface area contributed by atoms with E-state index in [0.717, 1.165) is 23.9 Å². The van der Waals surface area contributed by atoms with Crippen LogP contribution in [0.25, 0.3) is 5.00 Å². The van der Waals surface area contributed by atoms with Crippen molar-refractivity contribution in [3.63, 3.8) is 0 Å². The van der Waals surface area contributed by atoms with Crippen LogP contribution in [-0.2, 0) is 17.6 Å². The summed E-state index contributed by atoms with van der Waals surface area (Å²) in [4.78, 5) is 17.9. The topological polar surface area (TPSA) is 100 Å². The van der Waals surface area contributed by atoms with Gasteiger partial charge in [-0.1, -0.05) is 18.7 Å². The lowest BCUT2D eigenvalue weighted by Crippen LogP contribution is -2.39.